The number of phenols is 1. The summed E-state index contributed by atoms with van der Waals surface area (Å²) in [4.78, 5) is 22.1. The molecule has 1 amide bonds. The molecule has 0 fully saturated rings. The van der Waals surface area contributed by atoms with Crippen LogP contribution in [0.1, 0.15) is 15.9 Å². The van der Waals surface area contributed by atoms with Gasteiger partial charge in [0.15, 0.2) is 0 Å². The third-order valence-electron chi connectivity index (χ3n) is 2.93. The Hall–Kier alpha value is -3.46. The summed E-state index contributed by atoms with van der Waals surface area (Å²) in [5, 5.41) is 30.9. The number of carbonyl (C=O) groups excluding carboxylic acids is 1. The van der Waals surface area contributed by atoms with E-state index < -0.39 is 10.8 Å². The molecule has 0 unspecified atom stereocenters. The fraction of sp³-hybridized carbons (Fsp3) is 0.125. The highest BCUT2D eigenvalue weighted by atomic mass is 16.6. The van der Waals surface area contributed by atoms with Gasteiger partial charge in [-0.2, -0.15) is 5.10 Å². The summed E-state index contributed by atoms with van der Waals surface area (Å²) in [6.07, 6.45) is 1.10. The van der Waals surface area contributed by atoms with Gasteiger partial charge in [0.25, 0.3) is 11.6 Å². The third kappa shape index (κ3) is 5.59. The lowest BCUT2D eigenvalue weighted by atomic mass is 10.2. The van der Waals surface area contributed by atoms with Crippen molar-refractivity contribution >= 4 is 17.8 Å². The van der Waals surface area contributed by atoms with Gasteiger partial charge in [-0.1, -0.05) is 0 Å². The van der Waals surface area contributed by atoms with Gasteiger partial charge >= 0.3 is 0 Å². The number of ether oxygens (including phenoxy) is 1. The number of hydrogen-bond acceptors (Lipinski definition) is 7. The first kappa shape index (κ1) is 19.6. The molecule has 9 heteroatoms. The zero-order valence-corrected chi connectivity index (χ0v) is 13.5. The monoisotopic (exact) mass is 347 g/mol. The van der Waals surface area contributed by atoms with E-state index in [1.165, 1.54) is 19.2 Å². The van der Waals surface area contributed by atoms with Crippen LogP contribution in [-0.2, 0) is 0 Å². The minimum atomic E-state index is -0.605. The highest BCUT2D eigenvalue weighted by Gasteiger charge is 2.12. The summed E-state index contributed by atoms with van der Waals surface area (Å²) in [5.74, 6) is -0.00863. The lowest BCUT2D eigenvalue weighted by molar-refractivity contribution is -0.385. The first-order valence-electron chi connectivity index (χ1n) is 6.91. The predicted octanol–water partition coefficient (Wildman–Crippen LogP) is 1.68. The third-order valence-corrected chi connectivity index (χ3v) is 2.93. The number of nitro benzene ring substituents is 1. The van der Waals surface area contributed by atoms with Crippen LogP contribution >= 0.6 is 0 Å². The Morgan fingerprint density at radius 3 is 2.44 bits per heavy atom. The molecule has 0 aliphatic heterocycles. The van der Waals surface area contributed by atoms with Crippen molar-refractivity contribution in [2.45, 2.75) is 0 Å². The molecule has 0 spiro atoms. The van der Waals surface area contributed by atoms with Gasteiger partial charge in [-0.25, -0.2) is 5.43 Å². The number of rotatable bonds is 5. The zero-order valence-electron chi connectivity index (χ0n) is 13.5. The Balaban J connectivity index is 0.00000151. The molecule has 3 N–H and O–H groups in total. The summed E-state index contributed by atoms with van der Waals surface area (Å²) in [6.45, 7) is 0. The molecule has 25 heavy (non-hydrogen) atoms. The highest BCUT2D eigenvalue weighted by molar-refractivity contribution is 5.95. The Morgan fingerprint density at radius 1 is 1.24 bits per heavy atom. The molecule has 0 aromatic heterocycles. The summed E-state index contributed by atoms with van der Waals surface area (Å²) in [6, 6.07) is 9.90. The van der Waals surface area contributed by atoms with E-state index in [4.69, 9.17) is 9.84 Å². The quantitative estimate of drug-likeness (QED) is 0.428. The number of hydrogen-bond donors (Lipinski definition) is 3. The van der Waals surface area contributed by atoms with E-state index in [1.807, 2.05) is 0 Å². The number of phenolic OH excluding ortho intramolecular Hbond substituents is 1. The number of aliphatic hydroxyl groups is 1. The first-order valence-corrected chi connectivity index (χ1v) is 6.91. The van der Waals surface area contributed by atoms with Crippen molar-refractivity contribution in [2.75, 3.05) is 14.2 Å². The van der Waals surface area contributed by atoms with Crippen molar-refractivity contribution in [1.82, 2.24) is 5.43 Å². The summed E-state index contributed by atoms with van der Waals surface area (Å²) >= 11 is 0. The topological polar surface area (TPSA) is 134 Å². The maximum absolute atomic E-state index is 11.9. The van der Waals surface area contributed by atoms with Crippen LogP contribution in [0.15, 0.2) is 47.6 Å². The second-order valence-corrected chi connectivity index (χ2v) is 4.43. The van der Waals surface area contributed by atoms with Gasteiger partial charge in [0, 0.05) is 18.7 Å². The molecule has 2 rings (SSSR count). The molecule has 2 aromatic carbocycles. The summed E-state index contributed by atoms with van der Waals surface area (Å²) < 4.78 is 4.99. The molecule has 0 saturated heterocycles. The molecular weight excluding hydrogens is 330 g/mol. The molecule has 0 bridgehead atoms. The molecule has 0 aliphatic rings. The van der Waals surface area contributed by atoms with Crippen LogP contribution in [0, 0.1) is 10.1 Å². The maximum Gasteiger partial charge on any atom is 0.278 e. The van der Waals surface area contributed by atoms with Crippen LogP contribution < -0.4 is 10.2 Å². The molecule has 0 atom stereocenters. The van der Waals surface area contributed by atoms with Crippen LogP contribution in [0.4, 0.5) is 5.69 Å². The van der Waals surface area contributed by atoms with Crippen molar-refractivity contribution in [3.05, 3.63) is 63.7 Å². The predicted molar refractivity (Wildman–Crippen MR) is 91.0 cm³/mol. The average molecular weight is 347 g/mol. The normalized spacial score (nSPS) is 9.88. The second-order valence-electron chi connectivity index (χ2n) is 4.43. The van der Waals surface area contributed by atoms with Gasteiger partial charge in [0.05, 0.1) is 23.8 Å². The van der Waals surface area contributed by atoms with E-state index in [-0.39, 0.29) is 17.0 Å². The molecule has 0 radical (unpaired) electrons. The Bertz CT molecular complexity index is 759. The van der Waals surface area contributed by atoms with Crippen molar-refractivity contribution in [2.24, 2.45) is 5.10 Å². The van der Waals surface area contributed by atoms with Crippen LogP contribution in [0.3, 0.4) is 0 Å². The van der Waals surface area contributed by atoms with Crippen LogP contribution in [0.25, 0.3) is 0 Å². The average Bonchev–Trinajstić information content (AvgIpc) is 2.63. The molecule has 0 heterocycles. The zero-order chi connectivity index (χ0) is 18.8. The van der Waals surface area contributed by atoms with E-state index in [1.54, 1.807) is 24.3 Å². The Kier molecular flexibility index (Phi) is 7.54. The number of nitrogens with one attached hydrogen (secondary N) is 1. The van der Waals surface area contributed by atoms with Gasteiger partial charge < -0.3 is 14.9 Å². The minimum absolute atomic E-state index is 0.0741. The number of nitrogens with zero attached hydrogens (tertiary/aromatic N) is 2. The SMILES string of the molecule is CO.COc1ccc(C(=O)N/N=C/c2cc(O)ccc2[N+](=O)[O-])cc1. The van der Waals surface area contributed by atoms with Gasteiger partial charge in [-0.05, 0) is 36.4 Å². The highest BCUT2D eigenvalue weighted by Crippen LogP contribution is 2.21. The largest absolute Gasteiger partial charge is 0.508 e. The number of methoxy groups -OCH3 is 1. The minimum Gasteiger partial charge on any atom is -0.508 e. The van der Waals surface area contributed by atoms with Crippen molar-refractivity contribution < 1.29 is 24.7 Å². The standard InChI is InChI=1S/C15H13N3O5.CH4O/c1-23-13-5-2-10(3-6-13)15(20)17-16-9-11-8-12(19)4-7-14(11)18(21)22;1-2/h2-9,19H,1H3,(H,17,20);2H,1H3/b16-9+;. The number of hydrazone groups is 1. The number of nitro groups is 1. The number of carbonyl (C=O) groups is 1. The Labute approximate surface area is 143 Å². The molecule has 0 saturated carbocycles. The van der Waals surface area contributed by atoms with Gasteiger partial charge in [-0.3, -0.25) is 14.9 Å². The van der Waals surface area contributed by atoms with Crippen molar-refractivity contribution in [1.29, 1.82) is 0 Å². The van der Waals surface area contributed by atoms with E-state index in [2.05, 4.69) is 10.5 Å². The van der Waals surface area contributed by atoms with Gasteiger partial charge in [-0.15, -0.1) is 0 Å². The lowest BCUT2D eigenvalue weighted by Gasteiger charge is -2.02. The molecule has 0 aliphatic carbocycles. The van der Waals surface area contributed by atoms with Gasteiger partial charge in [0.1, 0.15) is 11.5 Å². The van der Waals surface area contributed by atoms with Crippen LogP contribution in [0.2, 0.25) is 0 Å². The number of benzene rings is 2. The van der Waals surface area contributed by atoms with Crippen LogP contribution in [0.5, 0.6) is 11.5 Å². The molecule has 132 valence electrons. The van der Waals surface area contributed by atoms with E-state index in [0.29, 0.717) is 11.3 Å². The summed E-state index contributed by atoms with van der Waals surface area (Å²) in [7, 11) is 2.52. The lowest BCUT2D eigenvalue weighted by Crippen LogP contribution is -2.17. The molecule has 9 nitrogen and oxygen atoms in total. The first-order chi connectivity index (χ1) is 12.0. The number of amides is 1. The number of aromatic hydroxyl groups is 1. The fourth-order valence-electron chi connectivity index (χ4n) is 1.78. The van der Waals surface area contributed by atoms with Crippen LogP contribution in [-0.4, -0.2) is 41.5 Å². The van der Waals surface area contributed by atoms with E-state index in [0.717, 1.165) is 19.4 Å². The van der Waals surface area contributed by atoms with Gasteiger partial charge in [0.2, 0.25) is 0 Å². The number of aliphatic hydroxyl groups excluding tert-OH is 1. The molecule has 2 aromatic rings. The Morgan fingerprint density at radius 2 is 1.88 bits per heavy atom. The van der Waals surface area contributed by atoms with E-state index >= 15 is 0 Å². The smallest absolute Gasteiger partial charge is 0.278 e. The fourth-order valence-corrected chi connectivity index (χ4v) is 1.78. The van der Waals surface area contributed by atoms with E-state index in [9.17, 15) is 20.0 Å². The summed E-state index contributed by atoms with van der Waals surface area (Å²) in [5.41, 5.74) is 2.45. The van der Waals surface area contributed by atoms with Crippen molar-refractivity contribution in [3.63, 3.8) is 0 Å². The molecular formula is C16H17N3O6. The van der Waals surface area contributed by atoms with Crippen molar-refractivity contribution in [3.8, 4) is 11.5 Å². The second kappa shape index (κ2) is 9.63. The maximum atomic E-state index is 11.9.